The molecule has 0 bridgehead atoms. The average Bonchev–Trinajstić information content (AvgIpc) is 3.34. The molecule has 11 heteroatoms. The summed E-state index contributed by atoms with van der Waals surface area (Å²) >= 11 is 0. The molecular weight excluding hydrogens is 479 g/mol. The van der Waals surface area contributed by atoms with E-state index in [1.54, 1.807) is 23.0 Å². The van der Waals surface area contributed by atoms with E-state index < -0.39 is 18.0 Å². The van der Waals surface area contributed by atoms with E-state index in [1.165, 1.54) is 0 Å². The molecule has 0 aliphatic carbocycles. The number of alkyl halides is 5. The van der Waals surface area contributed by atoms with Crippen molar-refractivity contribution in [1.29, 1.82) is 0 Å². The van der Waals surface area contributed by atoms with Gasteiger partial charge < -0.3 is 9.80 Å². The van der Waals surface area contributed by atoms with Gasteiger partial charge in [0.1, 0.15) is 11.5 Å². The maximum Gasteiger partial charge on any atom is 0.391 e. The van der Waals surface area contributed by atoms with Gasteiger partial charge in [0.05, 0.1) is 29.2 Å². The van der Waals surface area contributed by atoms with E-state index >= 15 is 0 Å². The normalized spacial score (nSPS) is 19.1. The van der Waals surface area contributed by atoms with Crippen LogP contribution in [0.15, 0.2) is 42.6 Å². The Morgan fingerprint density at radius 3 is 2.31 bits per heavy atom. The van der Waals surface area contributed by atoms with Crippen LogP contribution in [0.4, 0.5) is 33.5 Å². The summed E-state index contributed by atoms with van der Waals surface area (Å²) in [5.41, 5.74) is 3.60. The third-order valence-corrected chi connectivity index (χ3v) is 6.99. The van der Waals surface area contributed by atoms with Crippen LogP contribution in [0.25, 0.3) is 17.1 Å². The largest absolute Gasteiger partial charge is 0.391 e. The third-order valence-electron chi connectivity index (χ3n) is 6.99. The van der Waals surface area contributed by atoms with E-state index in [1.807, 2.05) is 41.0 Å². The molecule has 0 N–H and O–H groups in total. The number of nitrogens with zero attached hydrogens (tertiary/aromatic N) is 6. The number of aryl methyl sites for hydroxylation is 1. The molecule has 0 saturated carbocycles. The van der Waals surface area contributed by atoms with Gasteiger partial charge in [-0.25, -0.2) is 18.4 Å². The number of piperidine rings is 2. The fourth-order valence-corrected chi connectivity index (χ4v) is 4.83. The number of anilines is 2. The Hall–Kier alpha value is -3.24. The van der Waals surface area contributed by atoms with Crippen LogP contribution in [0, 0.1) is 12.8 Å². The molecule has 0 radical (unpaired) electrons. The average molecular weight is 507 g/mol. The van der Waals surface area contributed by atoms with Gasteiger partial charge in [-0.05, 0) is 49.6 Å². The van der Waals surface area contributed by atoms with Crippen molar-refractivity contribution in [3.05, 3.63) is 48.2 Å². The minimum atomic E-state index is -4.17. The maximum absolute atomic E-state index is 13.5. The standard InChI is InChI=1S/C25H27F5N6/c1-17-5-6-21(22(15-17)34-11-7-18(8-12-34)25(28,29)30)36-16-20(32-33-36)19-3-2-4-23(31-19)35-13-9-24(26,27)10-14-35/h2-6,15-16,18H,7-14H2,1H3. The summed E-state index contributed by atoms with van der Waals surface area (Å²) in [5.74, 6) is -3.30. The molecule has 2 fully saturated rings. The van der Waals surface area contributed by atoms with Crippen LogP contribution in [-0.2, 0) is 0 Å². The second-order valence-electron chi connectivity index (χ2n) is 9.57. The topological polar surface area (TPSA) is 50.1 Å². The van der Waals surface area contributed by atoms with Gasteiger partial charge >= 0.3 is 6.18 Å². The number of halogens is 5. The van der Waals surface area contributed by atoms with Gasteiger partial charge in [0.15, 0.2) is 0 Å². The SMILES string of the molecule is Cc1ccc(-n2cc(-c3cccc(N4CCC(F)(F)CC4)n3)nn2)c(N2CCC(C(F)(F)F)CC2)c1. The van der Waals surface area contributed by atoms with E-state index in [-0.39, 0.29) is 38.8 Å². The van der Waals surface area contributed by atoms with Crippen molar-refractivity contribution in [1.82, 2.24) is 20.0 Å². The summed E-state index contributed by atoms with van der Waals surface area (Å²) in [5, 5.41) is 8.54. The van der Waals surface area contributed by atoms with Crippen molar-refractivity contribution in [2.45, 2.75) is 44.7 Å². The third kappa shape index (κ3) is 5.15. The minimum absolute atomic E-state index is 0.0542. The molecule has 2 aromatic heterocycles. The van der Waals surface area contributed by atoms with Crippen molar-refractivity contribution >= 4 is 11.5 Å². The Morgan fingerprint density at radius 1 is 0.889 bits per heavy atom. The molecule has 4 heterocycles. The highest BCUT2D eigenvalue weighted by molar-refractivity contribution is 5.65. The fourth-order valence-electron chi connectivity index (χ4n) is 4.83. The highest BCUT2D eigenvalue weighted by Crippen LogP contribution is 2.37. The van der Waals surface area contributed by atoms with Gasteiger partial charge in [-0.3, -0.25) is 0 Å². The van der Waals surface area contributed by atoms with Crippen molar-refractivity contribution in [2.24, 2.45) is 5.92 Å². The lowest BCUT2D eigenvalue weighted by atomic mass is 9.95. The van der Waals surface area contributed by atoms with Crippen LogP contribution < -0.4 is 9.80 Å². The van der Waals surface area contributed by atoms with Crippen LogP contribution in [0.5, 0.6) is 0 Å². The molecule has 3 aromatic rings. The highest BCUT2D eigenvalue weighted by Gasteiger charge is 2.41. The molecule has 5 rings (SSSR count). The molecule has 6 nitrogen and oxygen atoms in total. The zero-order valence-corrected chi connectivity index (χ0v) is 19.8. The first-order valence-electron chi connectivity index (χ1n) is 12.0. The molecule has 0 spiro atoms. The second-order valence-corrected chi connectivity index (χ2v) is 9.57. The summed E-state index contributed by atoms with van der Waals surface area (Å²) in [6, 6.07) is 11.2. The first-order chi connectivity index (χ1) is 17.1. The quantitative estimate of drug-likeness (QED) is 0.428. The van der Waals surface area contributed by atoms with Gasteiger partial charge in [-0.15, -0.1) is 5.10 Å². The zero-order valence-electron chi connectivity index (χ0n) is 19.8. The van der Waals surface area contributed by atoms with Crippen LogP contribution >= 0.6 is 0 Å². The lowest BCUT2D eigenvalue weighted by Gasteiger charge is -2.35. The summed E-state index contributed by atoms with van der Waals surface area (Å²) in [6.45, 7) is 3.01. The van der Waals surface area contributed by atoms with E-state index in [0.29, 0.717) is 30.3 Å². The van der Waals surface area contributed by atoms with E-state index in [2.05, 4.69) is 15.3 Å². The number of rotatable bonds is 4. The van der Waals surface area contributed by atoms with Crippen molar-refractivity contribution < 1.29 is 22.0 Å². The Kier molecular flexibility index (Phi) is 6.34. The van der Waals surface area contributed by atoms with Crippen LogP contribution in [0.3, 0.4) is 0 Å². The Balaban J connectivity index is 1.37. The van der Waals surface area contributed by atoms with Crippen LogP contribution in [-0.4, -0.2) is 58.3 Å². The molecule has 0 amide bonds. The second kappa shape index (κ2) is 9.33. The van der Waals surface area contributed by atoms with Crippen molar-refractivity contribution in [3.8, 4) is 17.1 Å². The number of benzene rings is 1. The van der Waals surface area contributed by atoms with E-state index in [0.717, 1.165) is 16.9 Å². The van der Waals surface area contributed by atoms with Crippen molar-refractivity contribution in [2.75, 3.05) is 36.0 Å². The Bertz CT molecular complexity index is 1210. The van der Waals surface area contributed by atoms with Gasteiger partial charge in [0, 0.05) is 39.0 Å². The first-order valence-corrected chi connectivity index (χ1v) is 12.0. The molecule has 36 heavy (non-hydrogen) atoms. The summed E-state index contributed by atoms with van der Waals surface area (Å²) in [6.07, 6.45) is -2.74. The number of hydrogen-bond acceptors (Lipinski definition) is 5. The number of aromatic nitrogens is 4. The monoisotopic (exact) mass is 506 g/mol. The van der Waals surface area contributed by atoms with Gasteiger partial charge in [-0.2, -0.15) is 13.2 Å². The van der Waals surface area contributed by atoms with Crippen LogP contribution in [0.1, 0.15) is 31.2 Å². The summed E-state index contributed by atoms with van der Waals surface area (Å²) in [4.78, 5) is 8.44. The first kappa shape index (κ1) is 24.5. The molecule has 192 valence electrons. The highest BCUT2D eigenvalue weighted by atomic mass is 19.4. The van der Waals surface area contributed by atoms with Crippen molar-refractivity contribution in [3.63, 3.8) is 0 Å². The Labute approximate surface area is 205 Å². The Morgan fingerprint density at radius 2 is 1.61 bits per heavy atom. The smallest absolute Gasteiger partial charge is 0.370 e. The van der Waals surface area contributed by atoms with Crippen LogP contribution in [0.2, 0.25) is 0 Å². The maximum atomic E-state index is 13.5. The molecular formula is C25H27F5N6. The summed E-state index contributed by atoms with van der Waals surface area (Å²) in [7, 11) is 0. The van der Waals surface area contributed by atoms with Gasteiger partial charge in [-0.1, -0.05) is 17.3 Å². The molecule has 0 atom stereocenters. The van der Waals surface area contributed by atoms with Gasteiger partial charge in [0.2, 0.25) is 0 Å². The molecule has 2 aliphatic rings. The predicted octanol–water partition coefficient (Wildman–Crippen LogP) is 5.65. The zero-order chi connectivity index (χ0) is 25.5. The fraction of sp³-hybridized carbons (Fsp3) is 0.480. The molecule has 1 aromatic carbocycles. The lowest BCUT2D eigenvalue weighted by Crippen LogP contribution is -2.39. The molecule has 2 saturated heterocycles. The number of pyridine rings is 1. The van der Waals surface area contributed by atoms with E-state index in [4.69, 9.17) is 0 Å². The molecule has 2 aliphatic heterocycles. The van der Waals surface area contributed by atoms with Gasteiger partial charge in [0.25, 0.3) is 5.92 Å². The summed E-state index contributed by atoms with van der Waals surface area (Å²) < 4.78 is 68.1. The molecule has 0 unspecified atom stereocenters. The van der Waals surface area contributed by atoms with E-state index in [9.17, 15) is 22.0 Å². The number of hydrogen-bond donors (Lipinski definition) is 0. The predicted molar refractivity (Wildman–Crippen MR) is 127 cm³/mol. The minimum Gasteiger partial charge on any atom is -0.370 e. The lowest BCUT2D eigenvalue weighted by molar-refractivity contribution is -0.179.